The normalized spacial score (nSPS) is 28.5. The summed E-state index contributed by atoms with van der Waals surface area (Å²) in [6, 6.07) is -1.09. The van der Waals surface area contributed by atoms with Crippen molar-refractivity contribution in [2.45, 2.75) is 64.6 Å². The Kier molecular flexibility index (Phi) is 4.25. The molecule has 6 nitrogen and oxygen atoms in total. The van der Waals surface area contributed by atoms with Crippen LogP contribution in [0.5, 0.6) is 0 Å². The maximum Gasteiger partial charge on any atom is 0.411 e. The van der Waals surface area contributed by atoms with Crippen molar-refractivity contribution in [1.82, 2.24) is 4.90 Å². The summed E-state index contributed by atoms with van der Waals surface area (Å²) in [4.78, 5) is 38.1. The maximum absolute atomic E-state index is 12.4. The quantitative estimate of drug-likeness (QED) is 0.728. The zero-order valence-electron chi connectivity index (χ0n) is 13.0. The Morgan fingerprint density at radius 1 is 1.29 bits per heavy atom. The first-order valence-corrected chi connectivity index (χ1v) is 7.45. The highest BCUT2D eigenvalue weighted by Crippen LogP contribution is 2.38. The molecule has 0 radical (unpaired) electrons. The van der Waals surface area contributed by atoms with E-state index < -0.39 is 29.6 Å². The Balaban J connectivity index is 2.25. The maximum atomic E-state index is 12.4. The van der Waals surface area contributed by atoms with Gasteiger partial charge in [0, 0.05) is 18.4 Å². The lowest BCUT2D eigenvalue weighted by Crippen LogP contribution is -2.64. The van der Waals surface area contributed by atoms with Crippen molar-refractivity contribution in [3.05, 3.63) is 0 Å². The van der Waals surface area contributed by atoms with Gasteiger partial charge in [-0.1, -0.05) is 0 Å². The fourth-order valence-corrected chi connectivity index (χ4v) is 3.09. The van der Waals surface area contributed by atoms with Crippen LogP contribution in [0, 0.1) is 5.92 Å². The molecule has 3 aliphatic rings. The van der Waals surface area contributed by atoms with Crippen molar-refractivity contribution in [3.8, 4) is 0 Å². The molecule has 0 aromatic heterocycles. The predicted octanol–water partition coefficient (Wildman–Crippen LogP) is 1.91. The van der Waals surface area contributed by atoms with Gasteiger partial charge >= 0.3 is 12.1 Å². The molecular formula is C15H23NO5. The van der Waals surface area contributed by atoms with E-state index in [4.69, 9.17) is 9.47 Å². The number of carbonyl (C=O) groups excluding carboxylic acids is 3. The molecule has 2 heterocycles. The molecule has 3 atom stereocenters. The highest BCUT2D eigenvalue weighted by Gasteiger charge is 2.53. The first-order chi connectivity index (χ1) is 9.74. The number of hydrogen-bond donors (Lipinski definition) is 0. The lowest BCUT2D eigenvalue weighted by atomic mass is 9.74. The first-order valence-electron chi connectivity index (χ1n) is 7.45. The summed E-state index contributed by atoms with van der Waals surface area (Å²) in [5.41, 5.74) is -0.642. The number of esters is 1. The summed E-state index contributed by atoms with van der Waals surface area (Å²) >= 11 is 0. The number of Topliss-reactive ketones (excluding diaryl/α,β-unsaturated/α-hetero) is 1. The second kappa shape index (κ2) is 5.66. The highest BCUT2D eigenvalue weighted by molar-refractivity contribution is 5.94. The van der Waals surface area contributed by atoms with Crippen LogP contribution in [0.15, 0.2) is 0 Å². The molecule has 3 fully saturated rings. The van der Waals surface area contributed by atoms with Gasteiger partial charge < -0.3 is 9.47 Å². The number of ketones is 1. The van der Waals surface area contributed by atoms with Gasteiger partial charge in [0.2, 0.25) is 0 Å². The fourth-order valence-electron chi connectivity index (χ4n) is 3.09. The van der Waals surface area contributed by atoms with Crippen LogP contribution in [-0.4, -0.2) is 47.0 Å². The average Bonchev–Trinajstić information content (AvgIpc) is 2.36. The molecule has 6 heteroatoms. The molecule has 0 N–H and O–H groups in total. The molecule has 2 saturated heterocycles. The number of hydrogen-bond acceptors (Lipinski definition) is 5. The SMILES string of the molecule is CCOC(=O)[C@@H]1[C@@H]2CC[C@H](CC2=O)N1C(=O)OC(C)(C)C. The molecule has 21 heavy (non-hydrogen) atoms. The molecule has 0 aromatic carbocycles. The number of fused-ring (bicyclic) bond motifs is 3. The summed E-state index contributed by atoms with van der Waals surface area (Å²) in [6.07, 6.45) is 1.13. The van der Waals surface area contributed by atoms with Gasteiger partial charge in [-0.15, -0.1) is 0 Å². The third-order valence-corrected chi connectivity index (χ3v) is 3.87. The minimum Gasteiger partial charge on any atom is -0.464 e. The number of ether oxygens (including phenoxy) is 2. The van der Waals surface area contributed by atoms with Gasteiger partial charge in [-0.2, -0.15) is 0 Å². The Hall–Kier alpha value is -1.59. The van der Waals surface area contributed by atoms with Gasteiger partial charge in [-0.25, -0.2) is 9.59 Å². The second-order valence-electron chi connectivity index (χ2n) is 6.59. The Labute approximate surface area is 124 Å². The zero-order valence-corrected chi connectivity index (χ0v) is 13.0. The standard InChI is InChI=1S/C15H23NO5/c1-5-20-13(18)12-10-7-6-9(8-11(10)17)16(12)14(19)21-15(2,3)4/h9-10,12H,5-8H2,1-4H3/t9-,10-,12+/m1/s1. The number of rotatable bonds is 2. The van der Waals surface area contributed by atoms with Gasteiger partial charge in [-0.05, 0) is 40.5 Å². The van der Waals surface area contributed by atoms with Crippen LogP contribution in [0.3, 0.4) is 0 Å². The smallest absolute Gasteiger partial charge is 0.411 e. The Morgan fingerprint density at radius 3 is 2.48 bits per heavy atom. The van der Waals surface area contributed by atoms with Crippen molar-refractivity contribution in [2.75, 3.05) is 6.61 Å². The zero-order chi connectivity index (χ0) is 15.8. The van der Waals surface area contributed by atoms with Crippen molar-refractivity contribution < 1.29 is 23.9 Å². The van der Waals surface area contributed by atoms with Gasteiger partial charge in [0.25, 0.3) is 0 Å². The number of carbonyl (C=O) groups is 3. The number of amides is 1. The van der Waals surface area contributed by atoms with E-state index in [1.165, 1.54) is 4.90 Å². The largest absolute Gasteiger partial charge is 0.464 e. The highest BCUT2D eigenvalue weighted by atomic mass is 16.6. The minimum atomic E-state index is -0.834. The molecule has 2 bridgehead atoms. The summed E-state index contributed by atoms with van der Waals surface area (Å²) in [6.45, 7) is 7.26. The molecule has 3 rings (SSSR count). The van der Waals surface area contributed by atoms with Crippen molar-refractivity contribution in [1.29, 1.82) is 0 Å². The molecule has 0 aromatic rings. The van der Waals surface area contributed by atoms with Crippen LogP contribution in [0.25, 0.3) is 0 Å². The van der Waals surface area contributed by atoms with Crippen molar-refractivity contribution >= 4 is 17.8 Å². The summed E-state index contributed by atoms with van der Waals surface area (Å²) in [5.74, 6) is -0.920. The van der Waals surface area contributed by atoms with E-state index in [1.807, 2.05) is 0 Å². The monoisotopic (exact) mass is 297 g/mol. The Bertz CT molecular complexity index is 453. The first kappa shape index (κ1) is 15.8. The molecule has 1 saturated carbocycles. The molecule has 0 unspecified atom stereocenters. The van der Waals surface area contributed by atoms with Crippen molar-refractivity contribution in [3.63, 3.8) is 0 Å². The fraction of sp³-hybridized carbons (Fsp3) is 0.800. The number of nitrogens with zero attached hydrogens (tertiary/aromatic N) is 1. The average molecular weight is 297 g/mol. The molecular weight excluding hydrogens is 274 g/mol. The van der Waals surface area contributed by atoms with Crippen LogP contribution in [-0.2, 0) is 19.1 Å². The molecule has 1 aliphatic carbocycles. The third kappa shape index (κ3) is 3.19. The minimum absolute atomic E-state index is 0.0455. The van der Waals surface area contributed by atoms with E-state index >= 15 is 0 Å². The van der Waals surface area contributed by atoms with Gasteiger partial charge in [0.15, 0.2) is 0 Å². The van der Waals surface area contributed by atoms with E-state index in [0.717, 1.165) is 6.42 Å². The lowest BCUT2D eigenvalue weighted by Gasteiger charge is -2.48. The van der Waals surface area contributed by atoms with E-state index in [0.29, 0.717) is 12.8 Å². The van der Waals surface area contributed by atoms with Crippen LogP contribution in [0.2, 0.25) is 0 Å². The van der Waals surface area contributed by atoms with E-state index in [9.17, 15) is 14.4 Å². The van der Waals surface area contributed by atoms with Crippen molar-refractivity contribution in [2.24, 2.45) is 5.92 Å². The summed E-state index contributed by atoms with van der Waals surface area (Å²) in [5, 5.41) is 0. The molecule has 1 amide bonds. The molecule has 118 valence electrons. The Morgan fingerprint density at radius 2 is 1.95 bits per heavy atom. The van der Waals surface area contributed by atoms with E-state index in [-0.39, 0.29) is 18.4 Å². The van der Waals surface area contributed by atoms with E-state index in [1.54, 1.807) is 27.7 Å². The summed E-state index contributed by atoms with van der Waals surface area (Å²) in [7, 11) is 0. The second-order valence-corrected chi connectivity index (χ2v) is 6.59. The third-order valence-electron chi connectivity index (χ3n) is 3.87. The van der Waals surface area contributed by atoms with E-state index in [2.05, 4.69) is 0 Å². The number of piperidine rings is 2. The van der Waals surface area contributed by atoms with Crippen LogP contribution < -0.4 is 0 Å². The van der Waals surface area contributed by atoms with Gasteiger partial charge in [0.1, 0.15) is 17.4 Å². The lowest BCUT2D eigenvalue weighted by molar-refractivity contribution is -0.162. The predicted molar refractivity (Wildman–Crippen MR) is 74.6 cm³/mol. The van der Waals surface area contributed by atoms with Crippen LogP contribution in [0.1, 0.15) is 47.0 Å². The van der Waals surface area contributed by atoms with Gasteiger partial charge in [-0.3, -0.25) is 9.69 Å². The van der Waals surface area contributed by atoms with Crippen LogP contribution in [0.4, 0.5) is 4.79 Å². The summed E-state index contributed by atoms with van der Waals surface area (Å²) < 4.78 is 10.4. The topological polar surface area (TPSA) is 72.9 Å². The van der Waals surface area contributed by atoms with Gasteiger partial charge in [0.05, 0.1) is 6.61 Å². The van der Waals surface area contributed by atoms with Crippen LogP contribution >= 0.6 is 0 Å². The molecule has 0 spiro atoms. The molecule has 2 aliphatic heterocycles.